The van der Waals surface area contributed by atoms with E-state index >= 15 is 0 Å². The molecule has 0 aromatic heterocycles. The number of carbonyl (C=O) groups excluding carboxylic acids is 1. The molecule has 3 fully saturated rings. The zero-order valence-electron chi connectivity index (χ0n) is 11.1. The van der Waals surface area contributed by atoms with Gasteiger partial charge < -0.3 is 15.6 Å². The van der Waals surface area contributed by atoms with Crippen LogP contribution < -0.4 is 21.1 Å². The molecule has 20 heavy (non-hydrogen) atoms. The van der Waals surface area contributed by atoms with E-state index in [-0.39, 0.29) is 17.9 Å². The highest BCUT2D eigenvalue weighted by molar-refractivity contribution is 6.31. The molecule has 1 amide bonds. The summed E-state index contributed by atoms with van der Waals surface area (Å²) < 4.78 is 0. The lowest BCUT2D eigenvalue weighted by atomic mass is 9.96. The van der Waals surface area contributed by atoms with Crippen molar-refractivity contribution >= 4 is 28.9 Å². The number of rotatable bonds is 1. The lowest BCUT2D eigenvalue weighted by Gasteiger charge is -2.26. The van der Waals surface area contributed by atoms with Crippen molar-refractivity contribution in [3.8, 4) is 0 Å². The SMILES string of the molecule is O=C1N[C@H]2CC[C@@H]1CN(c1cc(Cl)cc3c1CNN3)C2. The van der Waals surface area contributed by atoms with Crippen LogP contribution in [0, 0.1) is 5.92 Å². The van der Waals surface area contributed by atoms with Crippen LogP contribution in [-0.4, -0.2) is 25.0 Å². The highest BCUT2D eigenvalue weighted by atomic mass is 35.5. The van der Waals surface area contributed by atoms with Crippen LogP contribution in [0.1, 0.15) is 18.4 Å². The van der Waals surface area contributed by atoms with E-state index in [0.29, 0.717) is 0 Å². The van der Waals surface area contributed by atoms with Crippen molar-refractivity contribution in [2.75, 3.05) is 23.4 Å². The van der Waals surface area contributed by atoms with Gasteiger partial charge in [-0.05, 0) is 25.0 Å². The molecule has 0 unspecified atom stereocenters. The van der Waals surface area contributed by atoms with Crippen LogP contribution in [0.25, 0.3) is 0 Å². The van der Waals surface area contributed by atoms with E-state index in [1.165, 1.54) is 5.56 Å². The number of nitrogens with zero attached hydrogens (tertiary/aromatic N) is 1. The van der Waals surface area contributed by atoms with E-state index in [2.05, 4.69) is 21.1 Å². The van der Waals surface area contributed by atoms with Gasteiger partial charge in [-0.15, -0.1) is 0 Å². The Balaban J connectivity index is 1.73. The number of benzene rings is 1. The van der Waals surface area contributed by atoms with E-state index in [0.717, 1.165) is 48.9 Å². The van der Waals surface area contributed by atoms with Crippen molar-refractivity contribution in [3.05, 3.63) is 22.7 Å². The fourth-order valence-electron chi connectivity index (χ4n) is 3.47. The molecule has 106 valence electrons. The van der Waals surface area contributed by atoms with Crippen molar-refractivity contribution in [2.45, 2.75) is 25.4 Å². The van der Waals surface area contributed by atoms with Crippen LogP contribution in [0.2, 0.25) is 5.02 Å². The highest BCUT2D eigenvalue weighted by Crippen LogP contribution is 2.36. The minimum absolute atomic E-state index is 0.103. The van der Waals surface area contributed by atoms with E-state index in [9.17, 15) is 4.79 Å². The first-order valence-electron chi connectivity index (χ1n) is 7.07. The van der Waals surface area contributed by atoms with Crippen LogP contribution in [0.3, 0.4) is 0 Å². The fraction of sp³-hybridized carbons (Fsp3) is 0.500. The summed E-state index contributed by atoms with van der Waals surface area (Å²) >= 11 is 6.23. The van der Waals surface area contributed by atoms with Crippen molar-refractivity contribution in [3.63, 3.8) is 0 Å². The number of anilines is 2. The molecular weight excluding hydrogens is 276 g/mol. The van der Waals surface area contributed by atoms with Crippen molar-refractivity contribution in [1.29, 1.82) is 0 Å². The molecule has 3 N–H and O–H groups in total. The molecule has 0 spiro atoms. The largest absolute Gasteiger partial charge is 0.368 e. The summed E-state index contributed by atoms with van der Waals surface area (Å²) in [5.41, 5.74) is 9.71. The Morgan fingerprint density at radius 1 is 1.25 bits per heavy atom. The number of fused-ring (bicyclic) bond motifs is 5. The summed E-state index contributed by atoms with van der Waals surface area (Å²) in [5, 5.41) is 3.84. The first kappa shape index (κ1) is 12.3. The van der Waals surface area contributed by atoms with Gasteiger partial charge in [-0.1, -0.05) is 11.6 Å². The molecular formula is C14H17ClN4O. The maximum absolute atomic E-state index is 12.0. The Labute approximate surface area is 122 Å². The molecule has 4 aliphatic rings. The second-order valence-electron chi connectivity index (χ2n) is 5.81. The molecule has 5 nitrogen and oxygen atoms in total. The van der Waals surface area contributed by atoms with Gasteiger partial charge in [0, 0.05) is 41.9 Å². The van der Waals surface area contributed by atoms with Crippen LogP contribution in [0.15, 0.2) is 12.1 Å². The third kappa shape index (κ3) is 1.93. The summed E-state index contributed by atoms with van der Waals surface area (Å²) in [6.07, 6.45) is 2.07. The van der Waals surface area contributed by atoms with Gasteiger partial charge in [-0.25, -0.2) is 5.43 Å². The Bertz CT molecular complexity index is 577. The number of piperidine rings is 1. The second kappa shape index (κ2) is 4.53. The molecule has 2 atom stereocenters. The van der Waals surface area contributed by atoms with E-state index < -0.39 is 0 Å². The molecule has 1 aromatic carbocycles. The predicted molar refractivity (Wildman–Crippen MR) is 78.8 cm³/mol. The molecule has 1 aromatic rings. The summed E-state index contributed by atoms with van der Waals surface area (Å²) in [5.74, 6) is 0.310. The smallest absolute Gasteiger partial charge is 0.225 e. The minimum Gasteiger partial charge on any atom is -0.368 e. The summed E-state index contributed by atoms with van der Waals surface area (Å²) in [6.45, 7) is 2.44. The van der Waals surface area contributed by atoms with Crippen LogP contribution in [-0.2, 0) is 11.3 Å². The van der Waals surface area contributed by atoms with Crippen molar-refractivity contribution in [1.82, 2.24) is 10.7 Å². The summed E-state index contributed by atoms with van der Waals surface area (Å²) in [4.78, 5) is 14.3. The van der Waals surface area contributed by atoms with E-state index in [4.69, 9.17) is 11.6 Å². The Kier molecular flexibility index (Phi) is 2.79. The normalized spacial score (nSPS) is 27.9. The van der Waals surface area contributed by atoms with Crippen molar-refractivity contribution < 1.29 is 4.79 Å². The quantitative estimate of drug-likeness (QED) is 0.734. The lowest BCUT2D eigenvalue weighted by Crippen LogP contribution is -2.43. The molecule has 2 bridgehead atoms. The van der Waals surface area contributed by atoms with Crippen LogP contribution >= 0.6 is 11.6 Å². The van der Waals surface area contributed by atoms with Crippen LogP contribution in [0.4, 0.5) is 11.4 Å². The third-order valence-electron chi connectivity index (χ3n) is 4.48. The molecule has 3 saturated heterocycles. The topological polar surface area (TPSA) is 56.4 Å². The highest BCUT2D eigenvalue weighted by Gasteiger charge is 2.35. The Morgan fingerprint density at radius 3 is 3.00 bits per heavy atom. The first-order chi connectivity index (χ1) is 9.70. The number of hydrogen-bond acceptors (Lipinski definition) is 4. The Morgan fingerprint density at radius 2 is 2.15 bits per heavy atom. The van der Waals surface area contributed by atoms with Gasteiger partial charge in [0.2, 0.25) is 5.91 Å². The zero-order chi connectivity index (χ0) is 13.7. The third-order valence-corrected chi connectivity index (χ3v) is 4.70. The number of carbonyl (C=O) groups is 1. The first-order valence-corrected chi connectivity index (χ1v) is 7.45. The average Bonchev–Trinajstić information content (AvgIpc) is 2.70. The fourth-order valence-corrected chi connectivity index (χ4v) is 3.68. The zero-order valence-corrected chi connectivity index (χ0v) is 11.8. The predicted octanol–water partition coefficient (Wildman–Crippen LogP) is 1.48. The van der Waals surface area contributed by atoms with E-state index in [1.807, 2.05) is 12.1 Å². The number of hydrogen-bond donors (Lipinski definition) is 3. The molecule has 0 saturated carbocycles. The van der Waals surface area contributed by atoms with Crippen molar-refractivity contribution in [2.24, 2.45) is 5.92 Å². The number of amides is 1. The number of halogens is 1. The monoisotopic (exact) mass is 292 g/mol. The second-order valence-corrected chi connectivity index (χ2v) is 6.25. The summed E-state index contributed by atoms with van der Waals surface area (Å²) in [6, 6.07) is 4.22. The molecule has 0 radical (unpaired) electrons. The molecule has 0 aliphatic carbocycles. The van der Waals surface area contributed by atoms with Gasteiger partial charge in [0.1, 0.15) is 0 Å². The molecule has 4 aliphatic heterocycles. The average molecular weight is 293 g/mol. The standard InChI is InChI=1S/C14H17ClN4O/c15-9-3-12-11(5-16-18-12)13(4-9)19-6-8-1-2-10(7-19)17-14(8)20/h3-4,8,10,16,18H,1-2,5-7H2,(H,17,20)/t8-,10+/m1/s1. The van der Waals surface area contributed by atoms with Gasteiger partial charge in [-0.3, -0.25) is 4.79 Å². The van der Waals surface area contributed by atoms with Gasteiger partial charge >= 0.3 is 0 Å². The van der Waals surface area contributed by atoms with Gasteiger partial charge in [-0.2, -0.15) is 0 Å². The number of nitrogens with one attached hydrogen (secondary N) is 3. The Hall–Kier alpha value is -1.46. The van der Waals surface area contributed by atoms with Gasteiger partial charge in [0.25, 0.3) is 0 Å². The maximum atomic E-state index is 12.0. The lowest BCUT2D eigenvalue weighted by molar-refractivity contribution is -0.126. The molecule has 5 rings (SSSR count). The van der Waals surface area contributed by atoms with Gasteiger partial charge in [0.15, 0.2) is 0 Å². The molecule has 6 heteroatoms. The number of hydrazine groups is 1. The minimum atomic E-state index is 0.103. The van der Waals surface area contributed by atoms with Gasteiger partial charge in [0.05, 0.1) is 11.6 Å². The van der Waals surface area contributed by atoms with E-state index in [1.54, 1.807) is 0 Å². The summed E-state index contributed by atoms with van der Waals surface area (Å²) in [7, 11) is 0. The maximum Gasteiger partial charge on any atom is 0.225 e. The molecule has 4 heterocycles. The van der Waals surface area contributed by atoms with Crippen LogP contribution in [0.5, 0.6) is 0 Å².